The molecule has 0 aromatic heterocycles. The molecule has 126 valence electrons. The quantitative estimate of drug-likeness (QED) is 0.909. The smallest absolute Gasteiger partial charge is 0.254 e. The van der Waals surface area contributed by atoms with Gasteiger partial charge in [-0.1, -0.05) is 30.3 Å². The molecule has 1 aliphatic rings. The molecule has 2 aromatic rings. The van der Waals surface area contributed by atoms with Crippen molar-refractivity contribution in [1.82, 2.24) is 10.2 Å². The number of amides is 1. The molecule has 3 rings (SSSR count). The number of nitrogens with zero attached hydrogens (tertiary/aromatic N) is 1. The lowest BCUT2D eigenvalue weighted by Crippen LogP contribution is -2.37. The van der Waals surface area contributed by atoms with Crippen molar-refractivity contribution in [3.63, 3.8) is 0 Å². The molecule has 0 bridgehead atoms. The van der Waals surface area contributed by atoms with E-state index in [2.05, 4.69) is 10.2 Å². The van der Waals surface area contributed by atoms with E-state index in [1.807, 2.05) is 30.3 Å². The van der Waals surface area contributed by atoms with Gasteiger partial charge in [-0.3, -0.25) is 4.79 Å². The minimum Gasteiger partial charge on any atom is -0.344 e. The first kappa shape index (κ1) is 16.6. The Bertz CT molecular complexity index is 700. The highest BCUT2D eigenvalue weighted by Crippen LogP contribution is 2.19. The number of nitrogens with one attached hydrogen (secondary N) is 1. The SMILES string of the molecule is O=C(NC(CN1CCCC1)c1ccccc1)c1ccc(F)cc1F. The van der Waals surface area contributed by atoms with Crippen molar-refractivity contribution in [3.05, 3.63) is 71.3 Å². The van der Waals surface area contributed by atoms with Gasteiger partial charge in [0.15, 0.2) is 0 Å². The van der Waals surface area contributed by atoms with Crippen molar-refractivity contribution >= 4 is 5.91 Å². The number of benzene rings is 2. The summed E-state index contributed by atoms with van der Waals surface area (Å²) in [7, 11) is 0. The molecule has 0 spiro atoms. The Balaban J connectivity index is 1.78. The van der Waals surface area contributed by atoms with Crippen LogP contribution in [0.5, 0.6) is 0 Å². The highest BCUT2D eigenvalue weighted by Gasteiger charge is 2.22. The Morgan fingerprint density at radius 3 is 2.46 bits per heavy atom. The number of likely N-dealkylation sites (tertiary alicyclic amines) is 1. The number of carbonyl (C=O) groups excluding carboxylic acids is 1. The van der Waals surface area contributed by atoms with Crippen molar-refractivity contribution in [2.45, 2.75) is 18.9 Å². The summed E-state index contributed by atoms with van der Waals surface area (Å²) < 4.78 is 26.9. The first-order valence-electron chi connectivity index (χ1n) is 8.17. The molecule has 1 saturated heterocycles. The Morgan fingerprint density at radius 2 is 1.79 bits per heavy atom. The largest absolute Gasteiger partial charge is 0.344 e. The van der Waals surface area contributed by atoms with Crippen molar-refractivity contribution in [1.29, 1.82) is 0 Å². The van der Waals surface area contributed by atoms with Gasteiger partial charge in [0.1, 0.15) is 11.6 Å². The zero-order valence-corrected chi connectivity index (χ0v) is 13.3. The van der Waals surface area contributed by atoms with Crippen LogP contribution in [0.15, 0.2) is 48.5 Å². The minimum atomic E-state index is -0.847. The third kappa shape index (κ3) is 3.97. The van der Waals surface area contributed by atoms with Gasteiger partial charge < -0.3 is 10.2 Å². The van der Waals surface area contributed by atoms with Crippen LogP contribution in [0.25, 0.3) is 0 Å². The molecular weight excluding hydrogens is 310 g/mol. The second kappa shape index (κ2) is 7.53. The van der Waals surface area contributed by atoms with Crippen LogP contribution in [0.1, 0.15) is 34.8 Å². The van der Waals surface area contributed by atoms with E-state index in [9.17, 15) is 13.6 Å². The average molecular weight is 330 g/mol. The second-order valence-electron chi connectivity index (χ2n) is 6.07. The molecule has 1 unspecified atom stereocenters. The topological polar surface area (TPSA) is 32.3 Å². The zero-order valence-electron chi connectivity index (χ0n) is 13.3. The number of carbonyl (C=O) groups is 1. The van der Waals surface area contributed by atoms with Gasteiger partial charge in [0.25, 0.3) is 5.91 Å². The lowest BCUT2D eigenvalue weighted by atomic mass is 10.1. The maximum absolute atomic E-state index is 13.8. The minimum absolute atomic E-state index is 0.140. The Kier molecular flexibility index (Phi) is 5.20. The van der Waals surface area contributed by atoms with Crippen molar-refractivity contribution < 1.29 is 13.6 Å². The fourth-order valence-electron chi connectivity index (χ4n) is 3.05. The van der Waals surface area contributed by atoms with Crippen LogP contribution in [0.2, 0.25) is 0 Å². The molecule has 5 heteroatoms. The summed E-state index contributed by atoms with van der Waals surface area (Å²) in [5, 5.41) is 2.89. The molecule has 3 nitrogen and oxygen atoms in total. The van der Waals surface area contributed by atoms with E-state index >= 15 is 0 Å². The van der Waals surface area contributed by atoms with Gasteiger partial charge in [0.2, 0.25) is 0 Å². The molecule has 0 radical (unpaired) electrons. The van der Waals surface area contributed by atoms with Crippen LogP contribution in [0, 0.1) is 11.6 Å². The van der Waals surface area contributed by atoms with Crippen molar-refractivity contribution in [3.8, 4) is 0 Å². The Morgan fingerprint density at radius 1 is 1.08 bits per heavy atom. The van der Waals surface area contributed by atoms with E-state index in [0.29, 0.717) is 6.54 Å². The van der Waals surface area contributed by atoms with Crippen LogP contribution >= 0.6 is 0 Å². The highest BCUT2D eigenvalue weighted by atomic mass is 19.1. The maximum Gasteiger partial charge on any atom is 0.254 e. The molecule has 0 saturated carbocycles. The van der Waals surface area contributed by atoms with Crippen LogP contribution in [0.3, 0.4) is 0 Å². The summed E-state index contributed by atoms with van der Waals surface area (Å²) in [4.78, 5) is 14.7. The van der Waals surface area contributed by atoms with Gasteiger partial charge in [-0.15, -0.1) is 0 Å². The van der Waals surface area contributed by atoms with E-state index in [0.717, 1.165) is 43.6 Å². The standard InChI is InChI=1S/C19H20F2N2O/c20-15-8-9-16(17(21)12-15)19(24)22-18(13-23-10-4-5-11-23)14-6-2-1-3-7-14/h1-3,6-9,12,18H,4-5,10-11,13H2,(H,22,24). The fraction of sp³-hybridized carbons (Fsp3) is 0.316. The van der Waals surface area contributed by atoms with Gasteiger partial charge in [-0.25, -0.2) is 8.78 Å². The van der Waals surface area contributed by atoms with E-state index < -0.39 is 17.5 Å². The van der Waals surface area contributed by atoms with E-state index in [4.69, 9.17) is 0 Å². The number of rotatable bonds is 5. The van der Waals surface area contributed by atoms with Gasteiger partial charge >= 0.3 is 0 Å². The van der Waals surface area contributed by atoms with Crippen LogP contribution < -0.4 is 5.32 Å². The molecular formula is C19H20F2N2O. The lowest BCUT2D eigenvalue weighted by molar-refractivity contribution is 0.0923. The summed E-state index contributed by atoms with van der Waals surface area (Å²) in [6.07, 6.45) is 2.31. The van der Waals surface area contributed by atoms with E-state index in [1.165, 1.54) is 6.07 Å². The molecule has 1 atom stereocenters. The van der Waals surface area contributed by atoms with Gasteiger partial charge in [-0.2, -0.15) is 0 Å². The van der Waals surface area contributed by atoms with E-state index in [-0.39, 0.29) is 11.6 Å². The molecule has 1 N–H and O–H groups in total. The summed E-state index contributed by atoms with van der Waals surface area (Å²) >= 11 is 0. The molecule has 1 fully saturated rings. The van der Waals surface area contributed by atoms with Crippen molar-refractivity contribution in [2.75, 3.05) is 19.6 Å². The molecule has 2 aromatic carbocycles. The third-order valence-corrected chi connectivity index (χ3v) is 4.32. The van der Waals surface area contributed by atoms with Gasteiger partial charge in [0, 0.05) is 12.6 Å². The first-order chi connectivity index (χ1) is 11.6. The van der Waals surface area contributed by atoms with Crippen LogP contribution in [0.4, 0.5) is 8.78 Å². The fourth-order valence-corrected chi connectivity index (χ4v) is 3.05. The van der Waals surface area contributed by atoms with Crippen molar-refractivity contribution in [2.24, 2.45) is 0 Å². The molecule has 1 aliphatic heterocycles. The number of hydrogen-bond acceptors (Lipinski definition) is 2. The molecule has 0 aliphatic carbocycles. The molecule has 1 amide bonds. The van der Waals surface area contributed by atoms with Gasteiger partial charge in [-0.05, 0) is 43.6 Å². The summed E-state index contributed by atoms with van der Waals surface area (Å²) in [6.45, 7) is 2.69. The summed E-state index contributed by atoms with van der Waals surface area (Å²) in [6, 6.07) is 12.4. The normalized spacial score (nSPS) is 16.1. The first-order valence-corrected chi connectivity index (χ1v) is 8.17. The number of hydrogen-bond donors (Lipinski definition) is 1. The molecule has 24 heavy (non-hydrogen) atoms. The predicted molar refractivity (Wildman–Crippen MR) is 88.7 cm³/mol. The number of halogens is 2. The monoisotopic (exact) mass is 330 g/mol. The molecule has 1 heterocycles. The van der Waals surface area contributed by atoms with Gasteiger partial charge in [0.05, 0.1) is 11.6 Å². The summed E-state index contributed by atoms with van der Waals surface area (Å²) in [5.41, 5.74) is 0.832. The third-order valence-electron chi connectivity index (χ3n) is 4.32. The predicted octanol–water partition coefficient (Wildman–Crippen LogP) is 3.53. The van der Waals surface area contributed by atoms with Crippen LogP contribution in [-0.4, -0.2) is 30.4 Å². The lowest BCUT2D eigenvalue weighted by Gasteiger charge is -2.25. The Hall–Kier alpha value is -2.27. The maximum atomic E-state index is 13.8. The average Bonchev–Trinajstić information content (AvgIpc) is 3.08. The van der Waals surface area contributed by atoms with Crippen LogP contribution in [-0.2, 0) is 0 Å². The zero-order chi connectivity index (χ0) is 16.9. The highest BCUT2D eigenvalue weighted by molar-refractivity contribution is 5.94. The van der Waals surface area contributed by atoms with E-state index in [1.54, 1.807) is 0 Å². The summed E-state index contributed by atoms with van der Waals surface area (Å²) in [5.74, 6) is -2.07. The Labute approximate surface area is 140 Å². The second-order valence-corrected chi connectivity index (χ2v) is 6.07.